The molecule has 232 valence electrons. The number of aromatic nitrogens is 5. The number of likely N-dealkylation sites (tertiary alicyclic amines) is 1. The van der Waals surface area contributed by atoms with Gasteiger partial charge in [-0.2, -0.15) is 0 Å². The smallest absolute Gasteiger partial charge is 0.305 e. The fourth-order valence-electron chi connectivity index (χ4n) is 4.77. The van der Waals surface area contributed by atoms with Crippen LogP contribution in [0.25, 0.3) is 0 Å². The summed E-state index contributed by atoms with van der Waals surface area (Å²) in [6.45, 7) is 1.28. The van der Waals surface area contributed by atoms with Gasteiger partial charge < -0.3 is 20.6 Å². The van der Waals surface area contributed by atoms with Gasteiger partial charge in [-0.15, -0.1) is 5.10 Å². The van der Waals surface area contributed by atoms with Crippen LogP contribution in [0.15, 0.2) is 42.7 Å². The highest BCUT2D eigenvalue weighted by Crippen LogP contribution is 2.26. The third-order valence-electron chi connectivity index (χ3n) is 7.19. The molecule has 0 spiro atoms. The van der Waals surface area contributed by atoms with E-state index >= 15 is 0 Å². The monoisotopic (exact) mass is 644 g/mol. The van der Waals surface area contributed by atoms with Crippen molar-refractivity contribution >= 4 is 52.7 Å². The zero-order valence-corrected chi connectivity index (χ0v) is 25.2. The van der Waals surface area contributed by atoms with Crippen molar-refractivity contribution < 1.29 is 29.1 Å². The number of nitrogens with zero attached hydrogens (tertiary/aromatic N) is 6. The molecule has 14 nitrogen and oxygen atoms in total. The minimum absolute atomic E-state index is 0.0985. The first-order chi connectivity index (χ1) is 21.0. The highest BCUT2D eigenvalue weighted by Gasteiger charge is 2.35. The summed E-state index contributed by atoms with van der Waals surface area (Å²) in [6, 6.07) is 4.77. The lowest BCUT2D eigenvalue weighted by molar-refractivity contribution is -0.143. The van der Waals surface area contributed by atoms with Crippen LogP contribution >= 0.6 is 23.2 Å². The van der Waals surface area contributed by atoms with E-state index in [0.29, 0.717) is 34.9 Å². The van der Waals surface area contributed by atoms with Gasteiger partial charge in [0.1, 0.15) is 18.6 Å². The van der Waals surface area contributed by atoms with Gasteiger partial charge in [0.25, 0.3) is 5.91 Å². The number of halogens is 2. The number of nitrogens with one attached hydrogen (secondary N) is 2. The number of aliphatic carboxylic acids is 1. The van der Waals surface area contributed by atoms with Crippen LogP contribution in [0.1, 0.15) is 54.4 Å². The SMILES string of the molecule is CC(C(=O)NC(CC(=O)O)C(=O)Cn1nnnc1Cc1c(Cl)cccc1Cl)N1CCCC[C@H](NC(=O)c2cccnc2)C1=O. The quantitative estimate of drug-likeness (QED) is 0.261. The summed E-state index contributed by atoms with van der Waals surface area (Å²) in [5.74, 6) is -3.40. The summed E-state index contributed by atoms with van der Waals surface area (Å²) in [4.78, 5) is 69.5. The summed E-state index contributed by atoms with van der Waals surface area (Å²) < 4.78 is 1.18. The molecular formula is C28H30Cl2N8O6. The number of ketones is 1. The van der Waals surface area contributed by atoms with Crippen LogP contribution < -0.4 is 10.6 Å². The van der Waals surface area contributed by atoms with Crippen molar-refractivity contribution in [1.29, 1.82) is 0 Å². The van der Waals surface area contributed by atoms with Gasteiger partial charge in [-0.05, 0) is 66.4 Å². The van der Waals surface area contributed by atoms with Gasteiger partial charge in [-0.25, -0.2) is 4.68 Å². The molecule has 1 aromatic carbocycles. The first kappa shape index (κ1) is 32.5. The second-order valence-electron chi connectivity index (χ2n) is 10.2. The summed E-state index contributed by atoms with van der Waals surface area (Å²) >= 11 is 12.5. The summed E-state index contributed by atoms with van der Waals surface area (Å²) in [5.41, 5.74) is 0.832. The predicted molar refractivity (Wildman–Crippen MR) is 157 cm³/mol. The normalized spacial score (nSPS) is 16.5. The van der Waals surface area contributed by atoms with Crippen LogP contribution in [0.3, 0.4) is 0 Å². The molecule has 3 aromatic rings. The highest BCUT2D eigenvalue weighted by atomic mass is 35.5. The van der Waals surface area contributed by atoms with E-state index in [-0.39, 0.29) is 24.4 Å². The number of amides is 3. The number of carboxylic acids is 1. The molecule has 16 heteroatoms. The van der Waals surface area contributed by atoms with Gasteiger partial charge in [-0.3, -0.25) is 29.0 Å². The predicted octanol–water partition coefficient (Wildman–Crippen LogP) is 1.69. The second kappa shape index (κ2) is 14.8. The standard InChI is InChI=1S/C28H30Cl2N8O6/c1-16(37-11-3-2-9-21(28(37)44)32-27(43)17-6-5-10-31-14-17)26(42)33-22(13-25(40)41)23(39)15-38-24(34-35-36-38)12-18-19(29)7-4-8-20(18)30/h4-8,10,14,16,21-22H,2-3,9,11-13,15H2,1H3,(H,32,43)(H,33,42)(H,40,41)/t16?,21-,22?/m0/s1. The number of hydrogen-bond acceptors (Lipinski definition) is 9. The molecule has 3 heterocycles. The molecule has 0 bridgehead atoms. The van der Waals surface area contributed by atoms with E-state index in [0.717, 1.165) is 0 Å². The molecule has 1 aliphatic heterocycles. The Labute approximate surface area is 262 Å². The minimum atomic E-state index is -1.44. The molecule has 2 aromatic heterocycles. The Morgan fingerprint density at radius 3 is 2.55 bits per heavy atom. The first-order valence-corrected chi connectivity index (χ1v) is 14.5. The summed E-state index contributed by atoms with van der Waals surface area (Å²) in [7, 11) is 0. The van der Waals surface area contributed by atoms with Gasteiger partial charge in [0.15, 0.2) is 11.6 Å². The Balaban J connectivity index is 1.44. The van der Waals surface area contributed by atoms with E-state index in [4.69, 9.17) is 23.2 Å². The fraction of sp³-hybridized carbons (Fsp3) is 0.393. The molecule has 1 fully saturated rings. The number of rotatable bonds is 12. The number of tetrazole rings is 1. The molecule has 3 amide bonds. The van der Waals surface area contributed by atoms with Crippen LogP contribution in [-0.2, 0) is 32.1 Å². The largest absolute Gasteiger partial charge is 0.481 e. The van der Waals surface area contributed by atoms with Crippen LogP contribution in [0.2, 0.25) is 10.0 Å². The number of carboxylic acid groups (broad SMARTS) is 1. The molecule has 3 atom stereocenters. The Hall–Kier alpha value is -4.43. The van der Waals surface area contributed by atoms with Crippen molar-refractivity contribution in [2.75, 3.05) is 6.54 Å². The molecule has 0 radical (unpaired) electrons. The maximum Gasteiger partial charge on any atom is 0.305 e. The van der Waals surface area contributed by atoms with E-state index in [9.17, 15) is 29.1 Å². The Morgan fingerprint density at radius 1 is 1.11 bits per heavy atom. The summed E-state index contributed by atoms with van der Waals surface area (Å²) in [5, 5.41) is 26.8. The van der Waals surface area contributed by atoms with Crippen LogP contribution in [-0.4, -0.2) is 89.3 Å². The van der Waals surface area contributed by atoms with E-state index in [2.05, 4.69) is 31.1 Å². The molecule has 1 saturated heterocycles. The third-order valence-corrected chi connectivity index (χ3v) is 7.90. The zero-order valence-electron chi connectivity index (χ0n) is 23.7. The molecular weight excluding hydrogens is 615 g/mol. The minimum Gasteiger partial charge on any atom is -0.481 e. The average Bonchev–Trinajstić information content (AvgIpc) is 3.35. The van der Waals surface area contributed by atoms with Gasteiger partial charge in [0.2, 0.25) is 11.8 Å². The Kier molecular flexibility index (Phi) is 11.0. The Bertz CT molecular complexity index is 1520. The molecule has 0 saturated carbocycles. The lowest BCUT2D eigenvalue weighted by Crippen LogP contribution is -2.56. The van der Waals surface area contributed by atoms with E-state index in [1.165, 1.54) is 28.9 Å². The lowest BCUT2D eigenvalue weighted by Gasteiger charge is -2.30. The number of carbonyl (C=O) groups excluding carboxylic acids is 4. The van der Waals surface area contributed by atoms with Gasteiger partial charge >= 0.3 is 5.97 Å². The van der Waals surface area contributed by atoms with Crippen LogP contribution in [0.5, 0.6) is 0 Å². The third kappa shape index (κ3) is 8.14. The van der Waals surface area contributed by atoms with Crippen LogP contribution in [0.4, 0.5) is 0 Å². The Morgan fingerprint density at radius 2 is 1.86 bits per heavy atom. The highest BCUT2D eigenvalue weighted by molar-refractivity contribution is 6.36. The van der Waals surface area contributed by atoms with Crippen molar-refractivity contribution in [3.05, 3.63) is 69.7 Å². The molecule has 0 aliphatic carbocycles. The van der Waals surface area contributed by atoms with Gasteiger partial charge in [0.05, 0.1) is 18.0 Å². The van der Waals surface area contributed by atoms with E-state index in [1.807, 2.05) is 0 Å². The van der Waals surface area contributed by atoms with Crippen molar-refractivity contribution in [3.63, 3.8) is 0 Å². The zero-order chi connectivity index (χ0) is 31.8. The topological polar surface area (TPSA) is 189 Å². The van der Waals surface area contributed by atoms with Gasteiger partial charge in [-0.1, -0.05) is 29.3 Å². The van der Waals surface area contributed by atoms with Gasteiger partial charge in [0, 0.05) is 35.4 Å². The number of benzene rings is 1. The van der Waals surface area contributed by atoms with Crippen molar-refractivity contribution in [2.24, 2.45) is 0 Å². The molecule has 3 N–H and O–H groups in total. The van der Waals surface area contributed by atoms with E-state index in [1.54, 1.807) is 30.3 Å². The molecule has 44 heavy (non-hydrogen) atoms. The molecule has 4 rings (SSSR count). The molecule has 2 unspecified atom stereocenters. The number of hydrogen-bond donors (Lipinski definition) is 3. The lowest BCUT2D eigenvalue weighted by atomic mass is 10.1. The number of pyridine rings is 1. The maximum atomic E-state index is 13.4. The van der Waals surface area contributed by atoms with Crippen molar-refractivity contribution in [1.82, 2.24) is 40.7 Å². The van der Waals surface area contributed by atoms with Crippen molar-refractivity contribution in [2.45, 2.75) is 63.7 Å². The summed E-state index contributed by atoms with van der Waals surface area (Å²) in [6.07, 6.45) is 3.89. The first-order valence-electron chi connectivity index (χ1n) is 13.8. The molecule has 1 aliphatic rings. The van der Waals surface area contributed by atoms with E-state index < -0.39 is 60.6 Å². The number of carbonyl (C=O) groups is 5. The number of Topliss-reactive ketones (excluding diaryl/α,β-unsaturated/α-hetero) is 1. The fourth-order valence-corrected chi connectivity index (χ4v) is 5.30. The van der Waals surface area contributed by atoms with Crippen LogP contribution in [0, 0.1) is 0 Å². The second-order valence-corrected chi connectivity index (χ2v) is 11.0. The maximum absolute atomic E-state index is 13.4. The van der Waals surface area contributed by atoms with Crippen molar-refractivity contribution in [3.8, 4) is 0 Å². The average molecular weight is 646 g/mol.